The average Bonchev–Trinajstić information content (AvgIpc) is 2.85. The molecule has 0 aliphatic heterocycles. The summed E-state index contributed by atoms with van der Waals surface area (Å²) >= 11 is 0. The van der Waals surface area contributed by atoms with Gasteiger partial charge in [0.1, 0.15) is 5.82 Å². The van der Waals surface area contributed by atoms with Crippen LogP contribution in [-0.4, -0.2) is 31.2 Å². The Labute approximate surface area is 195 Å². The zero-order valence-corrected chi connectivity index (χ0v) is 18.7. The van der Waals surface area contributed by atoms with Crippen LogP contribution in [0.2, 0.25) is 0 Å². The second kappa shape index (κ2) is 9.28. The van der Waals surface area contributed by atoms with Gasteiger partial charge in [-0.3, -0.25) is 13.9 Å². The first-order valence-corrected chi connectivity index (χ1v) is 11.5. The van der Waals surface area contributed by atoms with Gasteiger partial charge in [0, 0.05) is 25.0 Å². The van der Waals surface area contributed by atoms with Crippen molar-refractivity contribution in [2.45, 2.75) is 4.90 Å². The number of amides is 1. The minimum absolute atomic E-state index is 0.0355. The smallest absolute Gasteiger partial charge is 0.280 e. The highest BCUT2D eigenvalue weighted by Gasteiger charge is 2.21. The van der Waals surface area contributed by atoms with Crippen molar-refractivity contribution < 1.29 is 17.6 Å². The number of aromatic nitrogens is 2. The molecule has 0 bridgehead atoms. The minimum atomic E-state index is -3.81. The summed E-state index contributed by atoms with van der Waals surface area (Å²) in [6.45, 7) is 0. The topological polar surface area (TPSA) is 101 Å². The summed E-state index contributed by atoms with van der Waals surface area (Å²) in [6.07, 6.45) is 1.37. The van der Waals surface area contributed by atoms with Crippen LogP contribution in [0.4, 0.5) is 15.8 Å². The molecule has 0 spiro atoms. The molecule has 3 aromatic carbocycles. The van der Waals surface area contributed by atoms with Gasteiger partial charge in [0.25, 0.3) is 15.9 Å². The van der Waals surface area contributed by atoms with E-state index in [2.05, 4.69) is 10.4 Å². The molecule has 0 radical (unpaired) electrons. The Morgan fingerprint density at radius 2 is 1.59 bits per heavy atom. The van der Waals surface area contributed by atoms with Gasteiger partial charge >= 0.3 is 0 Å². The zero-order valence-electron chi connectivity index (χ0n) is 17.9. The normalized spacial score (nSPS) is 11.1. The van der Waals surface area contributed by atoms with Crippen LogP contribution in [0.25, 0.3) is 5.69 Å². The first-order chi connectivity index (χ1) is 16.3. The first kappa shape index (κ1) is 22.9. The van der Waals surface area contributed by atoms with E-state index < -0.39 is 27.2 Å². The highest BCUT2D eigenvalue weighted by Crippen LogP contribution is 2.23. The van der Waals surface area contributed by atoms with Crippen molar-refractivity contribution in [1.29, 1.82) is 0 Å². The third-order valence-electron chi connectivity index (χ3n) is 5.00. The summed E-state index contributed by atoms with van der Waals surface area (Å²) in [5, 5.41) is 6.59. The monoisotopic (exact) mass is 478 g/mol. The number of rotatable bonds is 6. The lowest BCUT2D eigenvalue weighted by Gasteiger charge is -2.19. The fourth-order valence-electron chi connectivity index (χ4n) is 3.14. The van der Waals surface area contributed by atoms with E-state index in [1.165, 1.54) is 72.5 Å². The van der Waals surface area contributed by atoms with Crippen molar-refractivity contribution in [1.82, 2.24) is 9.78 Å². The number of anilines is 2. The quantitative estimate of drug-likeness (QED) is 0.458. The number of hydrogen-bond acceptors (Lipinski definition) is 5. The van der Waals surface area contributed by atoms with Gasteiger partial charge in [0.05, 0.1) is 16.3 Å². The molecule has 4 aromatic rings. The van der Waals surface area contributed by atoms with E-state index in [4.69, 9.17) is 0 Å². The standard InChI is InChI=1S/C24H19FN4O4S/c1-28(19-5-3-2-4-6-19)34(32,33)21-13-9-18(10-14-21)26-24(31)23-22(30)15-16-29(27-23)20-11-7-17(25)8-12-20/h2-16H,1H3,(H,26,31). The molecule has 1 heterocycles. The van der Waals surface area contributed by atoms with Crippen molar-refractivity contribution in [2.24, 2.45) is 0 Å². The third-order valence-corrected chi connectivity index (χ3v) is 6.80. The largest absolute Gasteiger partial charge is 0.320 e. The molecule has 1 amide bonds. The number of carbonyl (C=O) groups is 1. The highest BCUT2D eigenvalue weighted by molar-refractivity contribution is 7.92. The van der Waals surface area contributed by atoms with Crippen LogP contribution in [0, 0.1) is 5.82 Å². The van der Waals surface area contributed by atoms with Gasteiger partial charge in [-0.1, -0.05) is 18.2 Å². The lowest BCUT2D eigenvalue weighted by Crippen LogP contribution is -2.27. The lowest BCUT2D eigenvalue weighted by atomic mass is 10.3. The number of halogens is 1. The van der Waals surface area contributed by atoms with Crippen molar-refractivity contribution in [3.8, 4) is 5.69 Å². The second-order valence-corrected chi connectivity index (χ2v) is 9.21. The predicted molar refractivity (Wildman–Crippen MR) is 126 cm³/mol. The van der Waals surface area contributed by atoms with E-state index in [9.17, 15) is 22.4 Å². The number of nitrogens with one attached hydrogen (secondary N) is 1. The number of hydrogen-bond donors (Lipinski definition) is 1. The van der Waals surface area contributed by atoms with E-state index in [0.29, 0.717) is 11.4 Å². The molecule has 0 atom stereocenters. The van der Waals surface area contributed by atoms with Gasteiger partial charge in [-0.05, 0) is 60.7 Å². The summed E-state index contributed by atoms with van der Waals surface area (Å²) in [4.78, 5) is 24.9. The molecule has 1 N–H and O–H groups in total. The summed E-state index contributed by atoms with van der Waals surface area (Å²) in [5.74, 6) is -1.19. The van der Waals surface area contributed by atoms with Crippen LogP contribution in [0.5, 0.6) is 0 Å². The molecular formula is C24H19FN4O4S. The minimum Gasteiger partial charge on any atom is -0.320 e. The number of carbonyl (C=O) groups excluding carboxylic acids is 1. The van der Waals surface area contributed by atoms with E-state index >= 15 is 0 Å². The molecule has 0 aliphatic carbocycles. The average molecular weight is 479 g/mol. The van der Waals surface area contributed by atoms with Gasteiger partial charge in [-0.25, -0.2) is 17.5 Å². The third kappa shape index (κ3) is 4.71. The fourth-order valence-corrected chi connectivity index (χ4v) is 4.33. The van der Waals surface area contributed by atoms with Crippen LogP contribution < -0.4 is 15.1 Å². The Morgan fingerprint density at radius 3 is 2.24 bits per heavy atom. The van der Waals surface area contributed by atoms with E-state index in [1.54, 1.807) is 30.3 Å². The molecule has 34 heavy (non-hydrogen) atoms. The van der Waals surface area contributed by atoms with Crippen LogP contribution >= 0.6 is 0 Å². The number of para-hydroxylation sites is 1. The number of nitrogens with zero attached hydrogens (tertiary/aromatic N) is 3. The van der Waals surface area contributed by atoms with Gasteiger partial charge in [-0.2, -0.15) is 5.10 Å². The van der Waals surface area contributed by atoms with Gasteiger partial charge < -0.3 is 5.32 Å². The van der Waals surface area contributed by atoms with Crippen LogP contribution in [0.3, 0.4) is 0 Å². The van der Waals surface area contributed by atoms with Gasteiger partial charge in [0.2, 0.25) is 5.43 Å². The van der Waals surface area contributed by atoms with Crippen LogP contribution in [0.15, 0.2) is 101 Å². The van der Waals surface area contributed by atoms with E-state index in [1.807, 2.05) is 0 Å². The summed E-state index contributed by atoms with van der Waals surface area (Å²) in [7, 11) is -2.36. The summed E-state index contributed by atoms with van der Waals surface area (Å²) < 4.78 is 41.4. The van der Waals surface area contributed by atoms with Crippen LogP contribution in [-0.2, 0) is 10.0 Å². The van der Waals surface area contributed by atoms with Gasteiger partial charge in [-0.15, -0.1) is 0 Å². The summed E-state index contributed by atoms with van der Waals surface area (Å²) in [5.41, 5.74) is 0.289. The van der Waals surface area contributed by atoms with Crippen LogP contribution in [0.1, 0.15) is 10.5 Å². The molecule has 0 aliphatic rings. The van der Waals surface area contributed by atoms with Gasteiger partial charge in [0.15, 0.2) is 5.69 Å². The SMILES string of the molecule is CN(c1ccccc1)S(=O)(=O)c1ccc(NC(=O)c2nn(-c3ccc(F)cc3)ccc2=O)cc1. The first-order valence-electron chi connectivity index (χ1n) is 10.1. The molecule has 0 fully saturated rings. The van der Waals surface area contributed by atoms with E-state index in [-0.39, 0.29) is 16.3 Å². The molecule has 10 heteroatoms. The van der Waals surface area contributed by atoms with Crippen molar-refractivity contribution in [3.63, 3.8) is 0 Å². The number of benzene rings is 3. The Bertz CT molecular complexity index is 1490. The second-order valence-electron chi connectivity index (χ2n) is 7.24. The fraction of sp³-hybridized carbons (Fsp3) is 0.0417. The molecule has 0 saturated heterocycles. The molecule has 1 aromatic heterocycles. The molecular weight excluding hydrogens is 459 g/mol. The maximum absolute atomic E-state index is 13.2. The van der Waals surface area contributed by atoms with Crippen molar-refractivity contribution in [2.75, 3.05) is 16.7 Å². The van der Waals surface area contributed by atoms with Crippen molar-refractivity contribution >= 4 is 27.3 Å². The highest BCUT2D eigenvalue weighted by atomic mass is 32.2. The Hall–Kier alpha value is -4.31. The molecule has 0 saturated carbocycles. The Morgan fingerprint density at radius 1 is 0.941 bits per heavy atom. The molecule has 4 rings (SSSR count). The summed E-state index contributed by atoms with van der Waals surface area (Å²) in [6, 6.07) is 20.8. The zero-order chi connectivity index (χ0) is 24.3. The van der Waals surface area contributed by atoms with Crippen molar-refractivity contribution in [3.05, 3.63) is 113 Å². The van der Waals surface area contributed by atoms with E-state index in [0.717, 1.165) is 4.31 Å². The lowest BCUT2D eigenvalue weighted by molar-refractivity contribution is 0.101. The molecule has 0 unspecified atom stereocenters. The Balaban J connectivity index is 1.54. The Kier molecular flexibility index (Phi) is 6.24. The maximum Gasteiger partial charge on any atom is 0.280 e. The molecule has 8 nitrogen and oxygen atoms in total. The number of sulfonamides is 1. The predicted octanol–water partition coefficient (Wildman–Crippen LogP) is 3.45. The maximum atomic E-state index is 13.2. The molecule has 172 valence electrons.